The maximum Gasteiger partial charge on any atom is 0.222 e. The van der Waals surface area contributed by atoms with Crippen molar-refractivity contribution in [3.8, 4) is 5.75 Å². The summed E-state index contributed by atoms with van der Waals surface area (Å²) in [5.74, 6) is 1.48. The van der Waals surface area contributed by atoms with Crippen LogP contribution in [0.2, 0.25) is 5.02 Å². The van der Waals surface area contributed by atoms with E-state index < -0.39 is 0 Å². The molecule has 0 spiro atoms. The zero-order valence-electron chi connectivity index (χ0n) is 21.3. The highest BCUT2D eigenvalue weighted by Gasteiger charge is 2.26. The van der Waals surface area contributed by atoms with Gasteiger partial charge in [-0.2, -0.15) is 0 Å². The van der Waals surface area contributed by atoms with Gasteiger partial charge >= 0.3 is 0 Å². The highest BCUT2D eigenvalue weighted by atomic mass is 35.5. The molecule has 5 heteroatoms. The molecule has 0 saturated heterocycles. The minimum Gasteiger partial charge on any atom is -0.491 e. The predicted octanol–water partition coefficient (Wildman–Crippen LogP) is 6.80. The van der Waals surface area contributed by atoms with E-state index in [1.807, 2.05) is 18.0 Å². The van der Waals surface area contributed by atoms with Gasteiger partial charge in [-0.25, -0.2) is 0 Å². The Morgan fingerprint density at radius 3 is 2.80 bits per heavy atom. The molecule has 35 heavy (non-hydrogen) atoms. The number of anilines is 1. The fraction of sp³-hybridized carbons (Fsp3) is 0.500. The van der Waals surface area contributed by atoms with Crippen molar-refractivity contribution in [2.45, 2.75) is 64.2 Å². The molecule has 1 atom stereocenters. The molecule has 0 aromatic heterocycles. The van der Waals surface area contributed by atoms with Crippen LogP contribution in [-0.4, -0.2) is 44.1 Å². The molecule has 0 aliphatic carbocycles. The fourth-order valence-corrected chi connectivity index (χ4v) is 5.40. The summed E-state index contributed by atoms with van der Waals surface area (Å²) in [6.07, 6.45) is 12.1. The lowest BCUT2D eigenvalue weighted by Gasteiger charge is -2.28. The topological polar surface area (TPSA) is 32.8 Å². The third-order valence-corrected chi connectivity index (χ3v) is 7.42. The number of rotatable bonds is 3. The zero-order valence-corrected chi connectivity index (χ0v) is 22.0. The van der Waals surface area contributed by atoms with Crippen LogP contribution in [0.3, 0.4) is 0 Å². The summed E-state index contributed by atoms with van der Waals surface area (Å²) in [7, 11) is 1.90. The van der Waals surface area contributed by atoms with Crippen LogP contribution in [0, 0.1) is 0 Å². The van der Waals surface area contributed by atoms with Gasteiger partial charge in [-0.3, -0.25) is 4.79 Å². The van der Waals surface area contributed by atoms with Crippen LogP contribution in [0.25, 0.3) is 0 Å². The largest absolute Gasteiger partial charge is 0.491 e. The number of carbonyl (C=O) groups is 1. The summed E-state index contributed by atoms with van der Waals surface area (Å²) in [5, 5.41) is 0.808. The van der Waals surface area contributed by atoms with Gasteiger partial charge in [0.25, 0.3) is 0 Å². The Kier molecular flexibility index (Phi) is 9.14. The number of nitrogens with zero attached hydrogens (tertiary/aromatic N) is 2. The van der Waals surface area contributed by atoms with Gasteiger partial charge in [0, 0.05) is 44.0 Å². The van der Waals surface area contributed by atoms with E-state index in [0.29, 0.717) is 25.5 Å². The highest BCUT2D eigenvalue weighted by Crippen LogP contribution is 2.37. The number of hydrogen-bond acceptors (Lipinski definition) is 3. The van der Waals surface area contributed by atoms with E-state index in [9.17, 15) is 4.79 Å². The lowest BCUT2D eigenvalue weighted by Crippen LogP contribution is -2.30. The van der Waals surface area contributed by atoms with E-state index >= 15 is 0 Å². The summed E-state index contributed by atoms with van der Waals surface area (Å²) in [5.41, 5.74) is 5.18. The second kappa shape index (κ2) is 12.5. The van der Waals surface area contributed by atoms with E-state index in [4.69, 9.17) is 16.3 Å². The van der Waals surface area contributed by atoms with Crippen LogP contribution in [0.1, 0.15) is 68.1 Å². The van der Waals surface area contributed by atoms with Gasteiger partial charge in [-0.1, -0.05) is 49.2 Å². The van der Waals surface area contributed by atoms with E-state index in [1.54, 1.807) is 0 Å². The number of aryl methyl sites for hydroxylation is 2. The first-order valence-corrected chi connectivity index (χ1v) is 13.6. The summed E-state index contributed by atoms with van der Waals surface area (Å²) in [4.78, 5) is 16.8. The number of likely N-dealkylation sites (N-methyl/N-ethyl adjacent to an activating group) is 1. The molecule has 0 N–H and O–H groups in total. The Morgan fingerprint density at radius 1 is 1.06 bits per heavy atom. The van der Waals surface area contributed by atoms with E-state index in [1.165, 1.54) is 22.4 Å². The Hall–Kier alpha value is -2.46. The molecule has 0 radical (unpaired) electrons. The van der Waals surface area contributed by atoms with Crippen molar-refractivity contribution in [2.24, 2.45) is 0 Å². The molecule has 2 bridgehead atoms. The minimum absolute atomic E-state index is 0.218. The van der Waals surface area contributed by atoms with Gasteiger partial charge < -0.3 is 14.5 Å². The Bertz CT molecular complexity index is 1040. The molecule has 4 nitrogen and oxygen atoms in total. The molecule has 1 amide bonds. The number of ether oxygens (including phenoxy) is 1. The van der Waals surface area contributed by atoms with Crippen molar-refractivity contribution in [1.29, 1.82) is 0 Å². The molecule has 4 rings (SSSR count). The number of amides is 1. The van der Waals surface area contributed by atoms with Gasteiger partial charge in [-0.15, -0.1) is 0 Å². The van der Waals surface area contributed by atoms with Crippen molar-refractivity contribution in [3.05, 3.63) is 70.3 Å². The van der Waals surface area contributed by atoms with Crippen LogP contribution < -0.4 is 9.64 Å². The first kappa shape index (κ1) is 25.6. The maximum atomic E-state index is 12.5. The Balaban J connectivity index is 1.60. The summed E-state index contributed by atoms with van der Waals surface area (Å²) in [6.45, 7) is 5.54. The number of carbonyl (C=O) groups excluding carboxylic acids is 1. The molecule has 1 unspecified atom stereocenters. The van der Waals surface area contributed by atoms with Crippen LogP contribution in [0.15, 0.2) is 48.6 Å². The Labute approximate surface area is 215 Å². The van der Waals surface area contributed by atoms with Gasteiger partial charge in [0.1, 0.15) is 5.75 Å². The van der Waals surface area contributed by atoms with Crippen LogP contribution in [0.5, 0.6) is 5.75 Å². The molecular weight excluding hydrogens is 456 g/mol. The van der Waals surface area contributed by atoms with E-state index in [0.717, 1.165) is 68.8 Å². The molecule has 2 aliphatic rings. The minimum atomic E-state index is 0.218. The van der Waals surface area contributed by atoms with Crippen molar-refractivity contribution in [3.63, 3.8) is 0 Å². The monoisotopic (exact) mass is 494 g/mol. The summed E-state index contributed by atoms with van der Waals surface area (Å²) < 4.78 is 6.43. The number of fused-ring (bicyclic) bond motifs is 1. The van der Waals surface area contributed by atoms with Gasteiger partial charge in [0.2, 0.25) is 5.91 Å². The van der Waals surface area contributed by atoms with E-state index in [-0.39, 0.29) is 5.91 Å². The molecule has 0 saturated carbocycles. The average Bonchev–Trinajstić information content (AvgIpc) is 3.02. The summed E-state index contributed by atoms with van der Waals surface area (Å²) >= 11 is 6.36. The summed E-state index contributed by atoms with van der Waals surface area (Å²) in [6, 6.07) is 13.0. The van der Waals surface area contributed by atoms with Crippen molar-refractivity contribution >= 4 is 23.2 Å². The van der Waals surface area contributed by atoms with Crippen molar-refractivity contribution < 1.29 is 9.53 Å². The van der Waals surface area contributed by atoms with Crippen LogP contribution >= 0.6 is 11.6 Å². The second-order valence-electron chi connectivity index (χ2n) is 9.94. The fourth-order valence-electron chi connectivity index (χ4n) is 5.21. The highest BCUT2D eigenvalue weighted by molar-refractivity contribution is 6.30. The lowest BCUT2D eigenvalue weighted by molar-refractivity contribution is -0.129. The normalized spacial score (nSPS) is 20.8. The zero-order chi connectivity index (χ0) is 24.6. The first-order chi connectivity index (χ1) is 17.0. The SMILES string of the molecule is CCCc1cc(Cl)ccc1C1COc2ccc3cc2N(CCCC/C=C/CN(C)C(=O)CCC3)C1. The number of benzene rings is 2. The standard InChI is InChI=1S/C30H39ClN2O2/c1-3-10-24-20-26(31)14-15-27(24)25-21-33-18-8-6-4-5-7-17-32(2)30(34)12-9-11-23-13-16-29(35-22-25)28(33)19-23/h5,7,13-16,19-20,25H,3-4,6,8-12,17-18,21-22H2,1-2H3/b7-5+. The molecule has 2 aliphatic heterocycles. The van der Waals surface area contributed by atoms with Crippen molar-refractivity contribution in [2.75, 3.05) is 38.2 Å². The number of halogens is 1. The molecule has 2 aromatic carbocycles. The van der Waals surface area contributed by atoms with Crippen LogP contribution in [-0.2, 0) is 17.6 Å². The lowest BCUT2D eigenvalue weighted by atomic mass is 9.92. The molecular formula is C30H39ClN2O2. The van der Waals surface area contributed by atoms with Crippen LogP contribution in [0.4, 0.5) is 5.69 Å². The van der Waals surface area contributed by atoms with E-state index in [2.05, 4.69) is 54.3 Å². The molecule has 2 aromatic rings. The molecule has 0 fully saturated rings. The average molecular weight is 495 g/mol. The smallest absolute Gasteiger partial charge is 0.222 e. The third-order valence-electron chi connectivity index (χ3n) is 7.19. The van der Waals surface area contributed by atoms with Crippen molar-refractivity contribution in [1.82, 2.24) is 4.90 Å². The van der Waals surface area contributed by atoms with Gasteiger partial charge in [-0.05, 0) is 79.5 Å². The van der Waals surface area contributed by atoms with Gasteiger partial charge in [0.15, 0.2) is 0 Å². The quantitative estimate of drug-likeness (QED) is 0.440. The number of hydrogen-bond donors (Lipinski definition) is 0. The maximum absolute atomic E-state index is 12.5. The Morgan fingerprint density at radius 2 is 1.94 bits per heavy atom. The predicted molar refractivity (Wildman–Crippen MR) is 146 cm³/mol. The molecule has 188 valence electrons. The number of allylic oxidation sites excluding steroid dienone is 1. The first-order valence-electron chi connectivity index (χ1n) is 13.2. The molecule has 2 heterocycles. The van der Waals surface area contributed by atoms with Gasteiger partial charge in [0.05, 0.1) is 12.3 Å². The third kappa shape index (κ3) is 6.82. The second-order valence-corrected chi connectivity index (χ2v) is 10.4.